The Morgan fingerprint density at radius 1 is 1.21 bits per heavy atom. The molecule has 172 valence electrons. The molecule has 1 atom stereocenters. The van der Waals surface area contributed by atoms with Crippen LogP contribution in [0.4, 0.5) is 0 Å². The maximum Gasteiger partial charge on any atom is 0.262 e. The molecule has 0 N–H and O–H groups in total. The van der Waals surface area contributed by atoms with E-state index < -0.39 is 0 Å². The van der Waals surface area contributed by atoms with Crippen LogP contribution in [0.15, 0.2) is 63.1 Å². The average Bonchev–Trinajstić information content (AvgIpc) is 3.41. The largest absolute Gasteiger partial charge is 0.467 e. The summed E-state index contributed by atoms with van der Waals surface area (Å²) in [5, 5.41) is 1.07. The van der Waals surface area contributed by atoms with Gasteiger partial charge in [-0.3, -0.25) is 14.2 Å². The molecule has 8 heteroatoms. The molecule has 33 heavy (non-hydrogen) atoms. The molecule has 1 aromatic carbocycles. The summed E-state index contributed by atoms with van der Waals surface area (Å²) in [5.74, 6) is 1.00. The van der Waals surface area contributed by atoms with Gasteiger partial charge in [-0.2, -0.15) is 0 Å². The van der Waals surface area contributed by atoms with E-state index in [9.17, 15) is 9.59 Å². The molecule has 0 radical (unpaired) electrons. The lowest BCUT2D eigenvalue weighted by Crippen LogP contribution is -2.28. The van der Waals surface area contributed by atoms with E-state index in [2.05, 4.69) is 4.57 Å². The Hall–Kier alpha value is -3.10. The standard InChI is InChI=1S/C25H27N3O4S/c1-16-12-21(18(3)27(16)13-19-8-7-11-32-19)23(29)15-33-25-26-22-10-6-5-9-20(22)24(30)28(25)17(2)14-31-4/h5-12,17H,13-15H2,1-4H3. The zero-order chi connectivity index (χ0) is 23.5. The fourth-order valence-corrected chi connectivity index (χ4v) is 5.01. The van der Waals surface area contributed by atoms with Crippen LogP contribution in [-0.4, -0.2) is 39.4 Å². The number of para-hydroxylation sites is 1. The first-order chi connectivity index (χ1) is 15.9. The molecule has 1 unspecified atom stereocenters. The summed E-state index contributed by atoms with van der Waals surface area (Å²) in [7, 11) is 1.60. The number of rotatable bonds is 9. The van der Waals surface area contributed by atoms with Crippen molar-refractivity contribution in [2.24, 2.45) is 0 Å². The average molecular weight is 466 g/mol. The van der Waals surface area contributed by atoms with Gasteiger partial charge in [-0.05, 0) is 51.1 Å². The zero-order valence-corrected chi connectivity index (χ0v) is 20.0. The maximum absolute atomic E-state index is 13.2. The van der Waals surface area contributed by atoms with Crippen LogP contribution in [0.5, 0.6) is 0 Å². The van der Waals surface area contributed by atoms with Gasteiger partial charge in [0.15, 0.2) is 10.9 Å². The number of thioether (sulfide) groups is 1. The first-order valence-corrected chi connectivity index (χ1v) is 11.7. The number of benzene rings is 1. The second kappa shape index (κ2) is 9.80. The fraction of sp³-hybridized carbons (Fsp3) is 0.320. The Labute approximate surface area is 196 Å². The van der Waals surface area contributed by atoms with Crippen LogP contribution in [0.1, 0.15) is 40.5 Å². The molecule has 0 spiro atoms. The molecule has 0 fully saturated rings. The molecule has 0 saturated heterocycles. The monoisotopic (exact) mass is 465 g/mol. The molecule has 0 saturated carbocycles. The summed E-state index contributed by atoms with van der Waals surface area (Å²) in [6.45, 7) is 6.78. The molecule has 0 bridgehead atoms. The lowest BCUT2D eigenvalue weighted by molar-refractivity contribution is 0.102. The highest BCUT2D eigenvalue weighted by Gasteiger charge is 2.20. The number of methoxy groups -OCH3 is 1. The SMILES string of the molecule is COCC(C)n1c(SCC(=O)c2cc(C)n(Cc3ccco3)c2C)nc2ccccc2c1=O. The Bertz CT molecular complexity index is 1340. The molecule has 0 amide bonds. The second-order valence-corrected chi connectivity index (χ2v) is 9.00. The molecular formula is C25H27N3O4S. The third-order valence-electron chi connectivity index (χ3n) is 5.72. The Morgan fingerprint density at radius 2 is 2.00 bits per heavy atom. The minimum atomic E-state index is -0.212. The highest BCUT2D eigenvalue weighted by molar-refractivity contribution is 7.99. The second-order valence-electron chi connectivity index (χ2n) is 8.05. The molecule has 4 rings (SSSR count). The lowest BCUT2D eigenvalue weighted by Gasteiger charge is -2.18. The Balaban J connectivity index is 1.61. The maximum atomic E-state index is 13.2. The van der Waals surface area contributed by atoms with E-state index in [4.69, 9.17) is 14.1 Å². The van der Waals surface area contributed by atoms with E-state index in [1.807, 2.05) is 57.2 Å². The van der Waals surface area contributed by atoms with Crippen molar-refractivity contribution < 1.29 is 13.9 Å². The van der Waals surface area contributed by atoms with Crippen LogP contribution in [0.2, 0.25) is 0 Å². The van der Waals surface area contributed by atoms with Gasteiger partial charge in [0.2, 0.25) is 0 Å². The smallest absolute Gasteiger partial charge is 0.262 e. The highest BCUT2D eigenvalue weighted by Crippen LogP contribution is 2.24. The molecule has 3 aromatic heterocycles. The van der Waals surface area contributed by atoms with E-state index >= 15 is 0 Å². The molecular weight excluding hydrogens is 438 g/mol. The van der Waals surface area contributed by atoms with Crippen LogP contribution in [0.3, 0.4) is 0 Å². The topological polar surface area (TPSA) is 79.3 Å². The van der Waals surface area contributed by atoms with Crippen LogP contribution in [0.25, 0.3) is 10.9 Å². The number of aryl methyl sites for hydroxylation is 1. The van der Waals surface area contributed by atoms with Crippen molar-refractivity contribution in [3.63, 3.8) is 0 Å². The van der Waals surface area contributed by atoms with E-state index in [0.29, 0.717) is 34.8 Å². The number of fused-ring (bicyclic) bond motifs is 1. The normalized spacial score (nSPS) is 12.4. The number of furan rings is 1. The van der Waals surface area contributed by atoms with Gasteiger partial charge in [0.25, 0.3) is 5.56 Å². The first kappa shape index (κ1) is 23.1. The van der Waals surface area contributed by atoms with Gasteiger partial charge in [0.1, 0.15) is 5.76 Å². The number of hydrogen-bond acceptors (Lipinski definition) is 6. The van der Waals surface area contributed by atoms with Crippen LogP contribution >= 0.6 is 11.8 Å². The van der Waals surface area contributed by atoms with Gasteiger partial charge in [-0.15, -0.1) is 0 Å². The number of Topliss-reactive ketones (excluding diaryl/α,β-unsaturated/α-hetero) is 1. The van der Waals surface area contributed by atoms with Crippen LogP contribution in [-0.2, 0) is 11.3 Å². The predicted molar refractivity (Wildman–Crippen MR) is 129 cm³/mol. The molecule has 0 aliphatic heterocycles. The van der Waals surface area contributed by atoms with Gasteiger partial charge < -0.3 is 13.7 Å². The van der Waals surface area contributed by atoms with Crippen molar-refractivity contribution in [1.29, 1.82) is 0 Å². The number of carbonyl (C=O) groups is 1. The van der Waals surface area contributed by atoms with Crippen molar-refractivity contribution in [3.05, 3.63) is 81.8 Å². The highest BCUT2D eigenvalue weighted by atomic mass is 32.2. The lowest BCUT2D eigenvalue weighted by atomic mass is 10.2. The fourth-order valence-electron chi connectivity index (χ4n) is 4.02. The van der Waals surface area contributed by atoms with Crippen molar-refractivity contribution in [1.82, 2.24) is 14.1 Å². The number of ketones is 1. The molecule has 0 aliphatic carbocycles. The summed E-state index contributed by atoms with van der Waals surface area (Å²) in [4.78, 5) is 31.1. The van der Waals surface area contributed by atoms with Gasteiger partial charge in [0.05, 0.1) is 42.1 Å². The van der Waals surface area contributed by atoms with Gasteiger partial charge in [-0.25, -0.2) is 4.98 Å². The molecule has 4 aromatic rings. The number of carbonyl (C=O) groups excluding carboxylic acids is 1. The summed E-state index contributed by atoms with van der Waals surface area (Å²) in [5.41, 5.74) is 3.05. The Kier molecular flexibility index (Phi) is 6.85. The molecule has 7 nitrogen and oxygen atoms in total. The summed E-state index contributed by atoms with van der Waals surface area (Å²) < 4.78 is 14.4. The van der Waals surface area contributed by atoms with Crippen molar-refractivity contribution >= 4 is 28.4 Å². The van der Waals surface area contributed by atoms with Crippen LogP contribution < -0.4 is 5.56 Å². The van der Waals surface area contributed by atoms with Crippen molar-refractivity contribution in [2.45, 2.75) is 38.5 Å². The summed E-state index contributed by atoms with van der Waals surface area (Å²) >= 11 is 1.28. The minimum absolute atomic E-state index is 0.00727. The number of hydrogen-bond donors (Lipinski definition) is 0. The first-order valence-electron chi connectivity index (χ1n) is 10.8. The van der Waals surface area contributed by atoms with E-state index in [0.717, 1.165) is 17.1 Å². The zero-order valence-electron chi connectivity index (χ0n) is 19.2. The van der Waals surface area contributed by atoms with Gasteiger partial charge in [0, 0.05) is 24.1 Å². The van der Waals surface area contributed by atoms with Crippen LogP contribution in [0, 0.1) is 13.8 Å². The summed E-state index contributed by atoms with van der Waals surface area (Å²) in [6, 6.07) is 12.7. The third-order valence-corrected chi connectivity index (χ3v) is 6.68. The molecule has 3 heterocycles. The number of nitrogens with zero attached hydrogens (tertiary/aromatic N) is 3. The predicted octanol–water partition coefficient (Wildman–Crippen LogP) is 4.64. The minimum Gasteiger partial charge on any atom is -0.467 e. The van der Waals surface area contributed by atoms with E-state index in [1.54, 1.807) is 24.0 Å². The number of aromatic nitrogens is 3. The molecule has 0 aliphatic rings. The quantitative estimate of drug-likeness (QED) is 0.204. The van der Waals surface area contributed by atoms with Gasteiger partial charge >= 0.3 is 0 Å². The van der Waals surface area contributed by atoms with Crippen molar-refractivity contribution in [3.8, 4) is 0 Å². The third kappa shape index (κ3) is 4.67. The Morgan fingerprint density at radius 3 is 2.73 bits per heavy atom. The van der Waals surface area contributed by atoms with E-state index in [1.165, 1.54) is 11.8 Å². The number of ether oxygens (including phenoxy) is 1. The van der Waals surface area contributed by atoms with E-state index in [-0.39, 0.29) is 23.1 Å². The summed E-state index contributed by atoms with van der Waals surface area (Å²) in [6.07, 6.45) is 1.65. The van der Waals surface area contributed by atoms with Crippen molar-refractivity contribution in [2.75, 3.05) is 19.5 Å². The van der Waals surface area contributed by atoms with Gasteiger partial charge in [-0.1, -0.05) is 23.9 Å².